The molecule has 23 heavy (non-hydrogen) atoms. The van der Waals surface area contributed by atoms with Gasteiger partial charge in [0.1, 0.15) is 0 Å². The van der Waals surface area contributed by atoms with E-state index in [9.17, 15) is 0 Å². The van der Waals surface area contributed by atoms with Gasteiger partial charge < -0.3 is 19.7 Å². The first-order valence-electron chi connectivity index (χ1n) is 8.21. The molecule has 1 atom stereocenters. The van der Waals surface area contributed by atoms with Crippen molar-refractivity contribution in [3.05, 3.63) is 11.6 Å². The fraction of sp³-hybridized carbons (Fsp3) is 0.812. The van der Waals surface area contributed by atoms with Crippen LogP contribution in [0.2, 0.25) is 0 Å². The van der Waals surface area contributed by atoms with Crippen molar-refractivity contribution in [3.8, 4) is 0 Å². The van der Waals surface area contributed by atoms with Crippen molar-refractivity contribution in [2.75, 3.05) is 39.9 Å². The highest BCUT2D eigenvalue weighted by molar-refractivity contribution is 14.0. The standard InChI is InChI=1S/C16H28ClN3O2.HI/c1-13(17)11-19-16(18-2)20-8-6-14(7-9-20)22-12-15-5-3-4-10-21-15;/h14-15H,1,3-12H2,2H3,(H,18,19);1H. The van der Waals surface area contributed by atoms with E-state index >= 15 is 0 Å². The molecule has 5 nitrogen and oxygen atoms in total. The van der Waals surface area contributed by atoms with E-state index in [2.05, 4.69) is 21.8 Å². The summed E-state index contributed by atoms with van der Waals surface area (Å²) in [6.07, 6.45) is 6.27. The van der Waals surface area contributed by atoms with E-state index < -0.39 is 0 Å². The molecular formula is C16H29ClIN3O2. The molecule has 134 valence electrons. The molecule has 1 unspecified atom stereocenters. The van der Waals surface area contributed by atoms with Crippen molar-refractivity contribution < 1.29 is 9.47 Å². The molecule has 2 saturated heterocycles. The molecule has 0 radical (unpaired) electrons. The van der Waals surface area contributed by atoms with Gasteiger partial charge in [-0.2, -0.15) is 0 Å². The Kier molecular flexibility index (Phi) is 10.5. The van der Waals surface area contributed by atoms with Crippen LogP contribution in [0.15, 0.2) is 16.6 Å². The Labute approximate surface area is 161 Å². The highest BCUT2D eigenvalue weighted by atomic mass is 127. The lowest BCUT2D eigenvalue weighted by molar-refractivity contribution is -0.0721. The summed E-state index contributed by atoms with van der Waals surface area (Å²) < 4.78 is 11.7. The average Bonchev–Trinajstić information content (AvgIpc) is 2.55. The zero-order valence-corrected chi connectivity index (χ0v) is 17.0. The van der Waals surface area contributed by atoms with Crippen LogP contribution in [-0.2, 0) is 9.47 Å². The van der Waals surface area contributed by atoms with Gasteiger partial charge in [-0.05, 0) is 32.1 Å². The van der Waals surface area contributed by atoms with Crippen molar-refractivity contribution in [3.63, 3.8) is 0 Å². The maximum Gasteiger partial charge on any atom is 0.193 e. The number of aliphatic imine (C=N–C) groups is 1. The molecule has 2 rings (SSSR count). The maximum absolute atomic E-state index is 6.04. The number of nitrogens with zero attached hydrogens (tertiary/aromatic N) is 2. The SMILES string of the molecule is C=C(Cl)CNC(=NC)N1CCC(OCC2CCCCO2)CC1.I. The lowest BCUT2D eigenvalue weighted by Gasteiger charge is -2.35. The number of guanidine groups is 1. The van der Waals surface area contributed by atoms with Crippen LogP contribution in [0.1, 0.15) is 32.1 Å². The molecule has 7 heteroatoms. The quantitative estimate of drug-likeness (QED) is 0.392. The third kappa shape index (κ3) is 7.58. The van der Waals surface area contributed by atoms with Gasteiger partial charge in [-0.3, -0.25) is 4.99 Å². The largest absolute Gasteiger partial charge is 0.376 e. The highest BCUT2D eigenvalue weighted by Crippen LogP contribution is 2.17. The number of halogens is 2. The summed E-state index contributed by atoms with van der Waals surface area (Å²) in [5.41, 5.74) is 0. The van der Waals surface area contributed by atoms with E-state index in [-0.39, 0.29) is 24.0 Å². The zero-order chi connectivity index (χ0) is 15.8. The summed E-state index contributed by atoms with van der Waals surface area (Å²) in [5, 5.41) is 3.81. The molecule has 2 heterocycles. The summed E-state index contributed by atoms with van der Waals surface area (Å²) in [5.74, 6) is 0.885. The first-order chi connectivity index (χ1) is 10.7. The summed E-state index contributed by atoms with van der Waals surface area (Å²) in [6, 6.07) is 0. The van der Waals surface area contributed by atoms with E-state index in [0.717, 1.165) is 51.5 Å². The zero-order valence-electron chi connectivity index (χ0n) is 13.9. The number of hydrogen-bond acceptors (Lipinski definition) is 3. The molecule has 0 saturated carbocycles. The Balaban J connectivity index is 0.00000264. The molecule has 1 N–H and O–H groups in total. The number of nitrogens with one attached hydrogen (secondary N) is 1. The number of hydrogen-bond donors (Lipinski definition) is 1. The lowest BCUT2D eigenvalue weighted by Crippen LogP contribution is -2.47. The Bertz CT molecular complexity index is 382. The van der Waals surface area contributed by atoms with Crippen LogP contribution in [-0.4, -0.2) is 63.0 Å². The number of piperidine rings is 1. The molecule has 0 spiro atoms. The average molecular weight is 458 g/mol. The van der Waals surface area contributed by atoms with E-state index in [1.54, 1.807) is 7.05 Å². The van der Waals surface area contributed by atoms with Crippen LogP contribution in [0, 0.1) is 0 Å². The minimum absolute atomic E-state index is 0. The smallest absolute Gasteiger partial charge is 0.193 e. The monoisotopic (exact) mass is 457 g/mol. The van der Waals surface area contributed by atoms with Gasteiger partial charge in [0.2, 0.25) is 0 Å². The predicted molar refractivity (Wildman–Crippen MR) is 106 cm³/mol. The highest BCUT2D eigenvalue weighted by Gasteiger charge is 2.23. The van der Waals surface area contributed by atoms with Gasteiger partial charge in [0, 0.05) is 31.8 Å². The van der Waals surface area contributed by atoms with Crippen LogP contribution in [0.3, 0.4) is 0 Å². The lowest BCUT2D eigenvalue weighted by atomic mass is 10.1. The molecule has 0 aromatic rings. The van der Waals surface area contributed by atoms with Crippen LogP contribution in [0.25, 0.3) is 0 Å². The van der Waals surface area contributed by atoms with Gasteiger partial charge in [-0.1, -0.05) is 18.2 Å². The minimum atomic E-state index is 0. The first kappa shape index (κ1) is 21.0. The molecule has 0 amide bonds. The van der Waals surface area contributed by atoms with Gasteiger partial charge in [0.05, 0.1) is 25.4 Å². The molecule has 2 fully saturated rings. The molecule has 2 aliphatic heterocycles. The predicted octanol–water partition coefficient (Wildman–Crippen LogP) is 2.98. The van der Waals surface area contributed by atoms with Crippen LogP contribution >= 0.6 is 35.6 Å². The summed E-state index contributed by atoms with van der Waals surface area (Å²) in [7, 11) is 1.79. The van der Waals surface area contributed by atoms with Gasteiger partial charge in [0.25, 0.3) is 0 Å². The number of rotatable bonds is 5. The maximum atomic E-state index is 6.04. The van der Waals surface area contributed by atoms with Crippen LogP contribution in [0.5, 0.6) is 0 Å². The van der Waals surface area contributed by atoms with Gasteiger partial charge in [-0.25, -0.2) is 0 Å². The van der Waals surface area contributed by atoms with E-state index in [1.807, 2.05) is 0 Å². The molecule has 0 aromatic heterocycles. The van der Waals surface area contributed by atoms with Gasteiger partial charge in [0.15, 0.2) is 5.96 Å². The van der Waals surface area contributed by atoms with E-state index in [1.165, 1.54) is 12.8 Å². The van der Waals surface area contributed by atoms with Crippen LogP contribution < -0.4 is 5.32 Å². The Morgan fingerprint density at radius 2 is 2.09 bits per heavy atom. The molecule has 2 aliphatic rings. The van der Waals surface area contributed by atoms with Crippen molar-refractivity contribution >= 4 is 41.5 Å². The van der Waals surface area contributed by atoms with Crippen molar-refractivity contribution in [2.45, 2.75) is 44.3 Å². The van der Waals surface area contributed by atoms with E-state index in [0.29, 0.717) is 23.8 Å². The minimum Gasteiger partial charge on any atom is -0.376 e. The second kappa shape index (κ2) is 11.5. The summed E-state index contributed by atoms with van der Waals surface area (Å²) in [4.78, 5) is 6.55. The second-order valence-corrected chi connectivity index (χ2v) is 6.46. The van der Waals surface area contributed by atoms with Crippen molar-refractivity contribution in [1.29, 1.82) is 0 Å². The Morgan fingerprint density at radius 3 is 2.65 bits per heavy atom. The van der Waals surface area contributed by atoms with Gasteiger partial charge in [-0.15, -0.1) is 24.0 Å². The Morgan fingerprint density at radius 1 is 1.35 bits per heavy atom. The summed E-state index contributed by atoms with van der Waals surface area (Å²) in [6.45, 7) is 7.76. The molecule has 0 aliphatic carbocycles. The molecule has 0 aromatic carbocycles. The third-order valence-electron chi connectivity index (χ3n) is 4.18. The van der Waals surface area contributed by atoms with Crippen LogP contribution in [0.4, 0.5) is 0 Å². The number of ether oxygens (including phenoxy) is 2. The van der Waals surface area contributed by atoms with Crippen molar-refractivity contribution in [2.24, 2.45) is 4.99 Å². The topological polar surface area (TPSA) is 46.1 Å². The third-order valence-corrected chi connectivity index (χ3v) is 4.32. The fourth-order valence-electron chi connectivity index (χ4n) is 2.92. The second-order valence-electron chi connectivity index (χ2n) is 5.93. The normalized spacial score (nSPS) is 23.3. The molecular weight excluding hydrogens is 429 g/mol. The van der Waals surface area contributed by atoms with E-state index in [4.69, 9.17) is 21.1 Å². The van der Waals surface area contributed by atoms with Crippen molar-refractivity contribution in [1.82, 2.24) is 10.2 Å². The molecule has 0 bridgehead atoms. The van der Waals surface area contributed by atoms with Gasteiger partial charge >= 0.3 is 0 Å². The first-order valence-corrected chi connectivity index (χ1v) is 8.59. The number of likely N-dealkylation sites (tertiary alicyclic amines) is 1. The summed E-state index contributed by atoms with van der Waals surface area (Å²) >= 11 is 5.79. The Hall–Kier alpha value is -0.0500. The fourth-order valence-corrected chi connectivity index (χ4v) is 2.99.